The zero-order valence-electron chi connectivity index (χ0n) is 21.2. The lowest BCUT2D eigenvalue weighted by molar-refractivity contribution is -0.709. The minimum atomic E-state index is -1.47. The number of nitrogens with one attached hydrogen (secondary N) is 1. The molecule has 2 atom stereocenters. The molecule has 1 unspecified atom stereocenters. The number of nitrogens with zero attached hydrogens (tertiary/aromatic N) is 6. The van der Waals surface area contributed by atoms with Crippen LogP contribution in [0, 0.1) is 0 Å². The van der Waals surface area contributed by atoms with Crippen LogP contribution in [0.2, 0.25) is 0 Å². The Morgan fingerprint density at radius 3 is 2.88 bits per heavy atom. The number of rotatable bonds is 9. The Bertz CT molecular complexity index is 1590. The Hall–Kier alpha value is -3.96. The van der Waals surface area contributed by atoms with Crippen LogP contribution in [0.25, 0.3) is 11.0 Å². The predicted octanol–water partition coefficient (Wildman–Crippen LogP) is -0.988. The molecule has 5 heterocycles. The Balaban J connectivity index is 1.35. The molecule has 3 aromatic rings. The molecule has 0 aliphatic carbocycles. The van der Waals surface area contributed by atoms with Gasteiger partial charge in [-0.3, -0.25) is 14.5 Å². The number of oxime groups is 1. The average molecular weight is 602 g/mol. The van der Waals surface area contributed by atoms with Gasteiger partial charge >= 0.3 is 0 Å². The number of carboxylic acids is 1. The van der Waals surface area contributed by atoms with E-state index in [-0.39, 0.29) is 34.6 Å². The smallest absolute Gasteiger partial charge is 0.289 e. The van der Waals surface area contributed by atoms with Gasteiger partial charge in [-0.25, -0.2) is 14.5 Å². The van der Waals surface area contributed by atoms with Crippen LogP contribution in [-0.4, -0.2) is 72.9 Å². The molecule has 0 spiro atoms. The van der Waals surface area contributed by atoms with Gasteiger partial charge in [0, 0.05) is 16.9 Å². The number of aliphatic carboxylic acids is 1. The summed E-state index contributed by atoms with van der Waals surface area (Å²) in [6, 6.07) is 0.784. The number of carboxylic acid groups (broad SMARTS) is 1. The summed E-state index contributed by atoms with van der Waals surface area (Å²) >= 11 is 3.84. The molecular formula is C23H23N9O5S3. The number of carbonyl (C=O) groups is 3. The first kappa shape index (κ1) is 27.6. The maximum Gasteiger partial charge on any atom is 0.289 e. The zero-order chi connectivity index (χ0) is 28.6. The Kier molecular flexibility index (Phi) is 7.77. The van der Waals surface area contributed by atoms with E-state index in [2.05, 4.69) is 25.4 Å². The fourth-order valence-electron chi connectivity index (χ4n) is 4.18. The summed E-state index contributed by atoms with van der Waals surface area (Å²) in [5.74, 6) is -2.15. The number of carbonyl (C=O) groups excluding carboxylic acids is 3. The number of hydrogen-bond donors (Lipinski definition) is 3. The standard InChI is InChI=1S/C23H23N9O5S3/c1-3-37-30-14(13-8-40-23(25)28-13)18(33)29-15-19(34)32-16(22(35)36)10(7-39-21(15)32)6-38-20-12-4-11(24)5-26-17(12)27-9-31(20)2/h4-5,8-9,15,21H,3,6-7,24H2,1-2H3,(H3-,25,28,29,33,35,36)/b30-14-/t15?,21-/m0/s1. The molecule has 17 heteroatoms. The van der Waals surface area contributed by atoms with Gasteiger partial charge in [-0.15, -0.1) is 23.1 Å². The van der Waals surface area contributed by atoms with Crippen molar-refractivity contribution >= 4 is 80.2 Å². The first-order valence-electron chi connectivity index (χ1n) is 11.8. The highest BCUT2D eigenvalue weighted by Crippen LogP contribution is 2.41. The van der Waals surface area contributed by atoms with Crippen molar-refractivity contribution in [1.82, 2.24) is 25.2 Å². The third kappa shape index (κ3) is 5.14. The third-order valence-electron chi connectivity index (χ3n) is 5.97. The van der Waals surface area contributed by atoms with E-state index in [4.69, 9.17) is 16.3 Å². The van der Waals surface area contributed by atoms with E-state index in [1.54, 1.807) is 29.3 Å². The van der Waals surface area contributed by atoms with Gasteiger partial charge in [0.25, 0.3) is 23.8 Å². The molecule has 0 radical (unpaired) electrons. The normalized spacial score (nSPS) is 18.9. The highest BCUT2D eigenvalue weighted by Gasteiger charge is 2.53. The molecule has 2 aliphatic rings. The molecule has 1 saturated heterocycles. The van der Waals surface area contributed by atoms with Crippen molar-refractivity contribution in [2.75, 3.05) is 29.6 Å². The van der Waals surface area contributed by atoms with Gasteiger partial charge < -0.3 is 31.5 Å². The SMILES string of the molecule is CCO/N=C(\C(=O)NC1C(=O)N2C(C(=O)[O-])=C(CSc3c4cc(N)cnc4nc[n+]3C)CS[C@@H]12)c1csc(N)n1. The minimum Gasteiger partial charge on any atom is -0.543 e. The number of nitrogen functional groups attached to an aromatic ring is 2. The molecule has 1 fully saturated rings. The molecule has 2 aliphatic heterocycles. The van der Waals surface area contributed by atoms with Crippen LogP contribution in [0.15, 0.2) is 45.4 Å². The van der Waals surface area contributed by atoms with Crippen molar-refractivity contribution < 1.29 is 28.9 Å². The Morgan fingerprint density at radius 1 is 1.38 bits per heavy atom. The lowest BCUT2D eigenvalue weighted by Gasteiger charge is -2.50. The zero-order valence-corrected chi connectivity index (χ0v) is 23.6. The van der Waals surface area contributed by atoms with Gasteiger partial charge in [-0.1, -0.05) is 16.9 Å². The topological polar surface area (TPSA) is 206 Å². The molecule has 208 valence electrons. The summed E-state index contributed by atoms with van der Waals surface area (Å²) in [5.41, 5.74) is 13.0. The molecular weight excluding hydrogens is 579 g/mol. The van der Waals surface area contributed by atoms with Crippen LogP contribution >= 0.6 is 34.9 Å². The second-order valence-electron chi connectivity index (χ2n) is 8.62. The van der Waals surface area contributed by atoms with Crippen molar-refractivity contribution in [1.29, 1.82) is 0 Å². The van der Waals surface area contributed by atoms with E-state index < -0.39 is 29.2 Å². The van der Waals surface area contributed by atoms with Crippen LogP contribution in [0.1, 0.15) is 12.6 Å². The summed E-state index contributed by atoms with van der Waals surface area (Å²) in [7, 11) is 1.81. The van der Waals surface area contributed by atoms with Crippen molar-refractivity contribution in [3.8, 4) is 0 Å². The molecule has 5 rings (SSSR count). The molecule has 2 amide bonds. The number of pyridine rings is 1. The van der Waals surface area contributed by atoms with Crippen LogP contribution in [-0.2, 0) is 26.3 Å². The van der Waals surface area contributed by atoms with Crippen LogP contribution < -0.4 is 26.5 Å². The maximum atomic E-state index is 13.1. The second-order valence-corrected chi connectivity index (χ2v) is 11.6. The Morgan fingerprint density at radius 2 is 2.17 bits per heavy atom. The van der Waals surface area contributed by atoms with Crippen molar-refractivity contribution in [2.24, 2.45) is 12.2 Å². The number of β-lactam (4-membered cyclic amide) rings is 1. The molecule has 40 heavy (non-hydrogen) atoms. The number of aryl methyl sites for hydroxylation is 1. The van der Waals surface area contributed by atoms with E-state index >= 15 is 0 Å². The summed E-state index contributed by atoms with van der Waals surface area (Å²) < 4.78 is 1.80. The fraction of sp³-hybridized carbons (Fsp3) is 0.304. The first-order chi connectivity index (χ1) is 19.2. The largest absolute Gasteiger partial charge is 0.543 e. The lowest BCUT2D eigenvalue weighted by atomic mass is 10.0. The number of nitrogens with two attached hydrogens (primary N) is 2. The van der Waals surface area contributed by atoms with E-state index in [0.717, 1.165) is 26.6 Å². The highest BCUT2D eigenvalue weighted by atomic mass is 32.2. The van der Waals surface area contributed by atoms with Gasteiger partial charge in [-0.2, -0.15) is 0 Å². The fourth-order valence-corrected chi connectivity index (χ4v) is 7.30. The number of hydrogen-bond acceptors (Lipinski definition) is 14. The first-order valence-corrected chi connectivity index (χ1v) is 14.7. The maximum absolute atomic E-state index is 13.1. The minimum absolute atomic E-state index is 0.137. The van der Waals surface area contributed by atoms with Crippen LogP contribution in [0.5, 0.6) is 0 Å². The van der Waals surface area contributed by atoms with Gasteiger partial charge in [-0.05, 0) is 23.5 Å². The quantitative estimate of drug-likeness (QED) is 0.0675. The lowest BCUT2D eigenvalue weighted by Crippen LogP contribution is -2.71. The monoisotopic (exact) mass is 601 g/mol. The van der Waals surface area contributed by atoms with Crippen molar-refractivity contribution in [3.05, 3.63) is 40.9 Å². The molecule has 14 nitrogen and oxygen atoms in total. The molecule has 0 aromatic carbocycles. The number of fused-ring (bicyclic) bond motifs is 2. The molecule has 0 saturated carbocycles. The van der Waals surface area contributed by atoms with Crippen molar-refractivity contribution in [2.45, 2.75) is 23.4 Å². The van der Waals surface area contributed by atoms with E-state index in [9.17, 15) is 19.5 Å². The Labute approximate surface area is 239 Å². The average Bonchev–Trinajstić information content (AvgIpc) is 3.36. The van der Waals surface area contributed by atoms with E-state index in [0.29, 0.717) is 22.7 Å². The van der Waals surface area contributed by atoms with E-state index in [1.165, 1.54) is 29.7 Å². The number of thioether (sulfide) groups is 2. The molecule has 5 N–H and O–H groups in total. The van der Waals surface area contributed by atoms with Crippen LogP contribution in [0.4, 0.5) is 10.8 Å². The van der Waals surface area contributed by atoms with Gasteiger partial charge in [0.1, 0.15) is 29.1 Å². The van der Waals surface area contributed by atoms with Crippen LogP contribution in [0.3, 0.4) is 0 Å². The number of aromatic nitrogens is 4. The second kappa shape index (κ2) is 11.3. The summed E-state index contributed by atoms with van der Waals surface area (Å²) in [6.45, 7) is 1.91. The van der Waals surface area contributed by atoms with Gasteiger partial charge in [0.15, 0.2) is 15.9 Å². The number of anilines is 2. The van der Waals surface area contributed by atoms with Crippen molar-refractivity contribution in [3.63, 3.8) is 0 Å². The summed E-state index contributed by atoms with van der Waals surface area (Å²) in [6.07, 6.45) is 3.13. The number of thiazole rings is 1. The van der Waals surface area contributed by atoms with Gasteiger partial charge in [0.05, 0.1) is 30.6 Å². The highest BCUT2D eigenvalue weighted by molar-refractivity contribution is 8.01. The number of amides is 2. The third-order valence-corrected chi connectivity index (χ3v) is 9.25. The summed E-state index contributed by atoms with van der Waals surface area (Å²) in [5, 5.41) is 21.4. The summed E-state index contributed by atoms with van der Waals surface area (Å²) in [4.78, 5) is 57.2. The molecule has 3 aromatic heterocycles. The predicted molar refractivity (Wildman–Crippen MR) is 148 cm³/mol. The van der Waals surface area contributed by atoms with Gasteiger partial charge in [0.2, 0.25) is 0 Å². The molecule has 0 bridgehead atoms. The van der Waals surface area contributed by atoms with E-state index in [1.807, 2.05) is 7.05 Å².